The van der Waals surface area contributed by atoms with Crippen molar-refractivity contribution in [2.24, 2.45) is 0 Å². The molecule has 0 aliphatic carbocycles. The molecule has 4 nitrogen and oxygen atoms in total. The van der Waals surface area contributed by atoms with Crippen LogP contribution in [0.15, 0.2) is 18.2 Å². The number of rotatable bonds is 4. The molecular formula is C13H13ClFN3O. The summed E-state index contributed by atoms with van der Waals surface area (Å²) in [5.41, 5.74) is 1.52. The SMILES string of the molecule is CCC(=O)c1nnn(-c2ccc(Cl)c(F)c2)c1CC. The second-order valence-corrected chi connectivity index (χ2v) is 4.43. The second kappa shape index (κ2) is 5.48. The Labute approximate surface area is 115 Å². The number of carbonyl (C=O) groups is 1. The van der Waals surface area contributed by atoms with Crippen LogP contribution in [0.25, 0.3) is 5.69 Å². The molecule has 6 heteroatoms. The Hall–Kier alpha value is -1.75. The highest BCUT2D eigenvalue weighted by molar-refractivity contribution is 6.30. The number of aromatic nitrogens is 3. The van der Waals surface area contributed by atoms with Crippen molar-refractivity contribution in [3.63, 3.8) is 0 Å². The minimum atomic E-state index is -0.528. The Balaban J connectivity index is 2.53. The van der Waals surface area contributed by atoms with Crippen LogP contribution in [0.2, 0.25) is 5.02 Å². The minimum Gasteiger partial charge on any atom is -0.292 e. The topological polar surface area (TPSA) is 47.8 Å². The van der Waals surface area contributed by atoms with Crippen molar-refractivity contribution in [2.75, 3.05) is 0 Å². The van der Waals surface area contributed by atoms with Crippen LogP contribution < -0.4 is 0 Å². The van der Waals surface area contributed by atoms with Crippen LogP contribution >= 0.6 is 11.6 Å². The monoisotopic (exact) mass is 281 g/mol. The second-order valence-electron chi connectivity index (χ2n) is 4.03. The van der Waals surface area contributed by atoms with E-state index in [2.05, 4.69) is 10.3 Å². The molecule has 1 aromatic carbocycles. The minimum absolute atomic E-state index is 0.0479. The predicted molar refractivity (Wildman–Crippen MR) is 70.3 cm³/mol. The smallest absolute Gasteiger partial charge is 0.184 e. The first kappa shape index (κ1) is 13.7. The van der Waals surface area contributed by atoms with E-state index in [0.29, 0.717) is 29.9 Å². The average Bonchev–Trinajstić information content (AvgIpc) is 2.84. The lowest BCUT2D eigenvalue weighted by atomic mass is 10.1. The van der Waals surface area contributed by atoms with Crippen LogP contribution in [-0.2, 0) is 6.42 Å². The van der Waals surface area contributed by atoms with Gasteiger partial charge in [0.05, 0.1) is 16.4 Å². The molecule has 1 heterocycles. The Bertz CT molecular complexity index is 624. The number of benzene rings is 1. The molecule has 0 saturated heterocycles. The highest BCUT2D eigenvalue weighted by Crippen LogP contribution is 2.20. The van der Waals surface area contributed by atoms with Gasteiger partial charge in [0.2, 0.25) is 0 Å². The summed E-state index contributed by atoms with van der Waals surface area (Å²) < 4.78 is 14.9. The molecule has 1 aromatic heterocycles. The highest BCUT2D eigenvalue weighted by atomic mass is 35.5. The largest absolute Gasteiger partial charge is 0.292 e. The zero-order valence-electron chi connectivity index (χ0n) is 10.7. The molecule has 0 unspecified atom stereocenters. The zero-order valence-corrected chi connectivity index (χ0v) is 11.4. The lowest BCUT2D eigenvalue weighted by Crippen LogP contribution is -2.06. The summed E-state index contributed by atoms with van der Waals surface area (Å²) in [7, 11) is 0. The summed E-state index contributed by atoms with van der Waals surface area (Å²) in [4.78, 5) is 11.7. The van der Waals surface area contributed by atoms with Crippen molar-refractivity contribution in [3.05, 3.63) is 40.4 Å². The summed E-state index contributed by atoms with van der Waals surface area (Å²) in [5.74, 6) is -0.599. The molecule has 2 rings (SSSR count). The molecule has 0 amide bonds. The first-order valence-electron chi connectivity index (χ1n) is 6.01. The molecule has 0 bridgehead atoms. The summed E-state index contributed by atoms with van der Waals surface area (Å²) in [6, 6.07) is 4.37. The Kier molecular flexibility index (Phi) is 3.95. The summed E-state index contributed by atoms with van der Waals surface area (Å²) in [5, 5.41) is 7.88. The van der Waals surface area contributed by atoms with E-state index in [4.69, 9.17) is 11.6 Å². The third-order valence-electron chi connectivity index (χ3n) is 2.83. The molecule has 0 aliphatic rings. The molecule has 19 heavy (non-hydrogen) atoms. The predicted octanol–water partition coefficient (Wildman–Crippen LogP) is 3.21. The summed E-state index contributed by atoms with van der Waals surface area (Å²) in [6.45, 7) is 3.66. The quantitative estimate of drug-likeness (QED) is 0.809. The van der Waals surface area contributed by atoms with E-state index < -0.39 is 5.82 Å². The van der Waals surface area contributed by atoms with Crippen molar-refractivity contribution in [1.82, 2.24) is 15.0 Å². The number of Topliss-reactive ketones (excluding diaryl/α,β-unsaturated/α-hetero) is 1. The van der Waals surface area contributed by atoms with E-state index in [1.807, 2.05) is 6.92 Å². The molecule has 0 atom stereocenters. The van der Waals surface area contributed by atoms with Gasteiger partial charge >= 0.3 is 0 Å². The molecular weight excluding hydrogens is 269 g/mol. The lowest BCUT2D eigenvalue weighted by molar-refractivity contribution is 0.0982. The number of nitrogens with zero attached hydrogens (tertiary/aromatic N) is 3. The van der Waals surface area contributed by atoms with Gasteiger partial charge in [-0.1, -0.05) is 30.7 Å². The molecule has 0 spiro atoms. The third kappa shape index (κ3) is 2.51. The normalized spacial score (nSPS) is 10.7. The fourth-order valence-corrected chi connectivity index (χ4v) is 1.94. The van der Waals surface area contributed by atoms with Crippen LogP contribution in [0.4, 0.5) is 4.39 Å². The summed E-state index contributed by atoms with van der Waals surface area (Å²) in [6.07, 6.45) is 0.943. The van der Waals surface area contributed by atoms with Crippen molar-refractivity contribution < 1.29 is 9.18 Å². The van der Waals surface area contributed by atoms with Gasteiger partial charge in [0, 0.05) is 12.5 Å². The van der Waals surface area contributed by atoms with E-state index in [1.165, 1.54) is 16.8 Å². The highest BCUT2D eigenvalue weighted by Gasteiger charge is 2.18. The van der Waals surface area contributed by atoms with Gasteiger partial charge in [0.25, 0.3) is 0 Å². The first-order valence-corrected chi connectivity index (χ1v) is 6.39. The van der Waals surface area contributed by atoms with E-state index in [9.17, 15) is 9.18 Å². The maximum absolute atomic E-state index is 13.5. The van der Waals surface area contributed by atoms with Gasteiger partial charge in [-0.15, -0.1) is 5.10 Å². The first-order chi connectivity index (χ1) is 9.08. The Morgan fingerprint density at radius 3 is 2.74 bits per heavy atom. The maximum Gasteiger partial charge on any atom is 0.184 e. The number of hydrogen-bond acceptors (Lipinski definition) is 3. The van der Waals surface area contributed by atoms with Crippen molar-refractivity contribution >= 4 is 17.4 Å². The van der Waals surface area contributed by atoms with Gasteiger partial charge in [-0.25, -0.2) is 9.07 Å². The standard InChI is InChI=1S/C13H13ClFN3O/c1-3-11-13(12(19)4-2)16-17-18(11)8-5-6-9(14)10(15)7-8/h5-7H,3-4H2,1-2H3. The summed E-state index contributed by atoms with van der Waals surface area (Å²) >= 11 is 5.65. The van der Waals surface area contributed by atoms with E-state index >= 15 is 0 Å². The Morgan fingerprint density at radius 2 is 2.16 bits per heavy atom. The lowest BCUT2D eigenvalue weighted by Gasteiger charge is -2.06. The molecule has 0 saturated carbocycles. The van der Waals surface area contributed by atoms with Crippen molar-refractivity contribution in [2.45, 2.75) is 26.7 Å². The third-order valence-corrected chi connectivity index (χ3v) is 3.14. The fraction of sp³-hybridized carbons (Fsp3) is 0.308. The van der Waals surface area contributed by atoms with Crippen LogP contribution in [0.3, 0.4) is 0 Å². The molecule has 0 fully saturated rings. The number of halogens is 2. The van der Waals surface area contributed by atoms with Crippen LogP contribution in [0.1, 0.15) is 36.5 Å². The van der Waals surface area contributed by atoms with Crippen molar-refractivity contribution in [1.29, 1.82) is 0 Å². The molecule has 0 aliphatic heterocycles. The average molecular weight is 282 g/mol. The van der Waals surface area contributed by atoms with Gasteiger partial charge in [0.1, 0.15) is 5.82 Å². The molecule has 100 valence electrons. The van der Waals surface area contributed by atoms with Gasteiger partial charge in [-0.3, -0.25) is 4.79 Å². The van der Waals surface area contributed by atoms with Gasteiger partial charge in [-0.05, 0) is 18.6 Å². The van der Waals surface area contributed by atoms with Crippen molar-refractivity contribution in [3.8, 4) is 5.69 Å². The molecule has 2 aromatic rings. The fourth-order valence-electron chi connectivity index (χ4n) is 1.83. The van der Waals surface area contributed by atoms with Gasteiger partial charge in [-0.2, -0.15) is 0 Å². The molecule has 0 radical (unpaired) electrons. The Morgan fingerprint density at radius 1 is 1.42 bits per heavy atom. The number of hydrogen-bond donors (Lipinski definition) is 0. The maximum atomic E-state index is 13.5. The van der Waals surface area contributed by atoms with Gasteiger partial charge < -0.3 is 0 Å². The van der Waals surface area contributed by atoms with Crippen LogP contribution in [0.5, 0.6) is 0 Å². The van der Waals surface area contributed by atoms with E-state index in [0.717, 1.165) is 0 Å². The van der Waals surface area contributed by atoms with Crippen LogP contribution in [-0.4, -0.2) is 20.8 Å². The van der Waals surface area contributed by atoms with Gasteiger partial charge in [0.15, 0.2) is 11.5 Å². The van der Waals surface area contributed by atoms with E-state index in [1.54, 1.807) is 13.0 Å². The number of ketones is 1. The number of carbonyl (C=O) groups excluding carboxylic acids is 1. The zero-order chi connectivity index (χ0) is 14.0. The van der Waals surface area contributed by atoms with Crippen LogP contribution in [0, 0.1) is 5.82 Å². The molecule has 0 N–H and O–H groups in total. The van der Waals surface area contributed by atoms with E-state index in [-0.39, 0.29) is 10.8 Å².